The molecule has 1 aliphatic heterocycles. The lowest BCUT2D eigenvalue weighted by Gasteiger charge is -2.20. The van der Waals surface area contributed by atoms with Gasteiger partial charge in [-0.1, -0.05) is 13.8 Å². The maximum Gasteiger partial charge on any atom is 0.267 e. The van der Waals surface area contributed by atoms with Crippen LogP contribution in [0.5, 0.6) is 0 Å². The van der Waals surface area contributed by atoms with E-state index >= 15 is 0 Å². The van der Waals surface area contributed by atoms with E-state index in [4.69, 9.17) is 4.74 Å². The van der Waals surface area contributed by atoms with Crippen molar-refractivity contribution in [2.45, 2.75) is 36.9 Å². The van der Waals surface area contributed by atoms with Gasteiger partial charge in [0.1, 0.15) is 5.82 Å². The van der Waals surface area contributed by atoms with Gasteiger partial charge in [-0.2, -0.15) is 5.10 Å². The van der Waals surface area contributed by atoms with Crippen LogP contribution in [0, 0.1) is 0 Å². The molecule has 4 rings (SSSR count). The molecule has 1 fully saturated rings. The molecular weight excluding hydrogens is 420 g/mol. The fourth-order valence-electron chi connectivity index (χ4n) is 3.61. The van der Waals surface area contributed by atoms with E-state index in [-0.39, 0.29) is 29.7 Å². The summed E-state index contributed by atoms with van der Waals surface area (Å²) in [6.07, 6.45) is 4.78. The molecule has 1 saturated heterocycles. The van der Waals surface area contributed by atoms with Crippen LogP contribution >= 0.6 is 0 Å². The number of aromatic nitrogens is 5. The fourth-order valence-corrected chi connectivity index (χ4v) is 4.86. The van der Waals surface area contributed by atoms with Gasteiger partial charge in [-0.3, -0.25) is 9.78 Å². The highest BCUT2D eigenvalue weighted by Crippen LogP contribution is 2.22. The maximum absolute atomic E-state index is 13.0. The first-order chi connectivity index (χ1) is 14.8. The third-order valence-corrected chi connectivity index (χ3v) is 6.50. The second kappa shape index (κ2) is 8.33. The Balaban J connectivity index is 1.63. The summed E-state index contributed by atoms with van der Waals surface area (Å²) in [7, 11) is -2.15. The summed E-state index contributed by atoms with van der Waals surface area (Å²) in [4.78, 5) is 20.9. The van der Waals surface area contributed by atoms with Gasteiger partial charge in [-0.25, -0.2) is 22.8 Å². The Kier molecular flexibility index (Phi) is 5.73. The van der Waals surface area contributed by atoms with Crippen molar-refractivity contribution in [2.24, 2.45) is 7.05 Å². The van der Waals surface area contributed by atoms with Gasteiger partial charge in [0, 0.05) is 43.2 Å². The Labute approximate surface area is 180 Å². The van der Waals surface area contributed by atoms with Crippen LogP contribution < -0.4 is 10.3 Å². The van der Waals surface area contributed by atoms with Crippen molar-refractivity contribution < 1.29 is 13.2 Å². The van der Waals surface area contributed by atoms with E-state index in [1.807, 2.05) is 19.9 Å². The predicted molar refractivity (Wildman–Crippen MR) is 113 cm³/mol. The number of rotatable bonds is 6. The lowest BCUT2D eigenvalue weighted by Crippen LogP contribution is -2.44. The Morgan fingerprint density at radius 1 is 1.23 bits per heavy atom. The van der Waals surface area contributed by atoms with E-state index in [1.54, 1.807) is 36.1 Å². The first kappa shape index (κ1) is 21.3. The van der Waals surface area contributed by atoms with Crippen molar-refractivity contribution in [2.75, 3.05) is 13.2 Å². The molecule has 0 radical (unpaired) electrons. The molecule has 31 heavy (non-hydrogen) atoms. The number of sulfonamides is 1. The van der Waals surface area contributed by atoms with Gasteiger partial charge in [0.2, 0.25) is 0 Å². The summed E-state index contributed by atoms with van der Waals surface area (Å²) in [6.45, 7) is 4.18. The Morgan fingerprint density at radius 2 is 2.03 bits per heavy atom. The topological polar surface area (TPSA) is 121 Å². The third-order valence-electron chi connectivity index (χ3n) is 5.14. The predicted octanol–water partition coefficient (Wildman–Crippen LogP) is 1.08. The highest BCUT2D eigenvalue weighted by atomic mass is 32.2. The quantitative estimate of drug-likeness (QED) is 0.604. The second-order valence-corrected chi connectivity index (χ2v) is 9.44. The average molecular weight is 445 g/mol. The third kappa shape index (κ3) is 4.29. The number of ether oxygens (including phenoxy) is 1. The molecule has 0 aliphatic carbocycles. The number of nitrogens with zero attached hydrogens (tertiary/aromatic N) is 5. The largest absolute Gasteiger partial charge is 0.377 e. The maximum atomic E-state index is 13.0. The lowest BCUT2D eigenvalue weighted by molar-refractivity contribution is 0.182. The van der Waals surface area contributed by atoms with Gasteiger partial charge in [0.05, 0.1) is 31.0 Å². The molecule has 3 aromatic rings. The van der Waals surface area contributed by atoms with Gasteiger partial charge in [-0.15, -0.1) is 0 Å². The van der Waals surface area contributed by atoms with Crippen LogP contribution in [-0.4, -0.2) is 52.0 Å². The molecule has 0 saturated carbocycles. The number of hydrogen-bond acceptors (Lipinski definition) is 7. The van der Waals surface area contributed by atoms with E-state index in [0.29, 0.717) is 11.5 Å². The van der Waals surface area contributed by atoms with Crippen molar-refractivity contribution in [1.29, 1.82) is 0 Å². The van der Waals surface area contributed by atoms with E-state index in [1.165, 1.54) is 16.9 Å². The summed E-state index contributed by atoms with van der Waals surface area (Å²) >= 11 is 0. The summed E-state index contributed by atoms with van der Waals surface area (Å²) in [5.74, 6) is 0.746. The van der Waals surface area contributed by atoms with Gasteiger partial charge >= 0.3 is 0 Å². The van der Waals surface area contributed by atoms with E-state index in [2.05, 4.69) is 19.8 Å². The molecule has 1 N–H and O–H groups in total. The number of nitrogens with one attached hydrogen (secondary N) is 1. The van der Waals surface area contributed by atoms with Crippen molar-refractivity contribution in [3.05, 3.63) is 59.0 Å². The summed E-state index contributed by atoms with van der Waals surface area (Å²) < 4.78 is 37.1. The Bertz CT molecular complexity index is 1240. The zero-order chi connectivity index (χ0) is 22.2. The average Bonchev–Trinajstić information content (AvgIpc) is 3.35. The number of pyridine rings is 1. The molecule has 11 heteroatoms. The second-order valence-electron chi connectivity index (χ2n) is 7.78. The Morgan fingerprint density at radius 3 is 2.71 bits per heavy atom. The molecular formula is C20H24N6O4S. The van der Waals surface area contributed by atoms with Crippen LogP contribution in [0.15, 0.2) is 52.7 Å². The van der Waals surface area contributed by atoms with Gasteiger partial charge in [-0.05, 0) is 18.2 Å². The summed E-state index contributed by atoms with van der Waals surface area (Å²) in [6, 6.07) is 5.39. The van der Waals surface area contributed by atoms with E-state index in [0.717, 1.165) is 5.56 Å². The molecule has 2 unspecified atom stereocenters. The summed E-state index contributed by atoms with van der Waals surface area (Å²) in [5.41, 5.74) is 0.974. The fraction of sp³-hybridized carbons (Fsp3) is 0.400. The highest BCUT2D eigenvalue weighted by molar-refractivity contribution is 7.89. The number of hydrogen-bond donors (Lipinski definition) is 1. The smallest absolute Gasteiger partial charge is 0.267 e. The minimum Gasteiger partial charge on any atom is -0.377 e. The molecule has 1 aliphatic rings. The van der Waals surface area contributed by atoms with Crippen LogP contribution in [0.4, 0.5) is 0 Å². The van der Waals surface area contributed by atoms with Gasteiger partial charge in [0.25, 0.3) is 15.6 Å². The van der Waals surface area contributed by atoms with Crippen molar-refractivity contribution in [3.63, 3.8) is 0 Å². The summed E-state index contributed by atoms with van der Waals surface area (Å²) in [5, 5.41) is 4.39. The van der Waals surface area contributed by atoms with Crippen LogP contribution in [0.2, 0.25) is 0 Å². The zero-order valence-electron chi connectivity index (χ0n) is 17.5. The molecule has 0 aromatic carbocycles. The van der Waals surface area contributed by atoms with Gasteiger partial charge < -0.3 is 9.30 Å². The molecule has 3 aromatic heterocycles. The minimum atomic E-state index is -3.91. The first-order valence-electron chi connectivity index (χ1n) is 9.90. The normalized spacial score (nSPS) is 19.2. The van der Waals surface area contributed by atoms with Crippen molar-refractivity contribution in [1.82, 2.24) is 29.0 Å². The molecule has 0 bridgehead atoms. The van der Waals surface area contributed by atoms with Crippen LogP contribution in [-0.2, 0) is 21.8 Å². The number of aryl methyl sites for hydroxylation is 1. The van der Waals surface area contributed by atoms with E-state index in [9.17, 15) is 13.2 Å². The van der Waals surface area contributed by atoms with Crippen LogP contribution in [0.25, 0.3) is 11.3 Å². The molecule has 4 heterocycles. The standard InChI is InChI=1S/C20H24N6O4S/c1-13(2)20-22-18(10-25(20)3)31(28,29)24-16-11-30-12-17(16)26-19(27)7-6-15(23-26)14-5-4-8-21-9-14/h4-10,13,16-17,24H,11-12H2,1-3H3. The number of imidazole rings is 1. The van der Waals surface area contributed by atoms with E-state index < -0.39 is 22.1 Å². The minimum absolute atomic E-state index is 0.0613. The Hall–Kier alpha value is -2.89. The molecule has 0 amide bonds. The first-order valence-corrected chi connectivity index (χ1v) is 11.4. The van der Waals surface area contributed by atoms with Crippen LogP contribution in [0.3, 0.4) is 0 Å². The molecule has 10 nitrogen and oxygen atoms in total. The van der Waals surface area contributed by atoms with Crippen LogP contribution in [0.1, 0.15) is 31.6 Å². The van der Waals surface area contributed by atoms with Crippen molar-refractivity contribution in [3.8, 4) is 11.3 Å². The molecule has 0 spiro atoms. The highest BCUT2D eigenvalue weighted by Gasteiger charge is 2.36. The lowest BCUT2D eigenvalue weighted by atomic mass is 10.2. The monoisotopic (exact) mass is 444 g/mol. The SMILES string of the molecule is CC(C)c1nc(S(=O)(=O)NC2COCC2n2nc(-c3cccnc3)ccc2=O)cn1C. The molecule has 164 valence electrons. The molecule has 2 atom stereocenters. The van der Waals surface area contributed by atoms with Gasteiger partial charge in [0.15, 0.2) is 5.03 Å². The van der Waals surface area contributed by atoms with Crippen molar-refractivity contribution >= 4 is 10.0 Å². The zero-order valence-corrected chi connectivity index (χ0v) is 18.3.